The molecule has 2 N–H and O–H groups in total. The molecule has 1 aromatic carbocycles. The largest absolute Gasteiger partial charge is 0.338 e. The van der Waals surface area contributed by atoms with Crippen molar-refractivity contribution in [3.63, 3.8) is 0 Å². The Morgan fingerprint density at radius 3 is 2.50 bits per heavy atom. The van der Waals surface area contributed by atoms with Crippen LogP contribution in [0.2, 0.25) is 0 Å². The molecule has 0 unspecified atom stereocenters. The number of anilines is 1. The molecule has 0 radical (unpaired) electrons. The van der Waals surface area contributed by atoms with Gasteiger partial charge in [0.05, 0.1) is 0 Å². The molecular weight excluding hydrogens is 278 g/mol. The molecule has 0 spiro atoms. The zero-order valence-electron chi connectivity index (χ0n) is 13.8. The van der Waals surface area contributed by atoms with E-state index in [-0.39, 0.29) is 23.9 Å². The lowest BCUT2D eigenvalue weighted by Gasteiger charge is -2.30. The summed E-state index contributed by atoms with van der Waals surface area (Å²) >= 11 is 0. The van der Waals surface area contributed by atoms with Crippen molar-refractivity contribution in [1.29, 1.82) is 0 Å². The fraction of sp³-hybridized carbons (Fsp3) is 0.529. The number of nitrogens with one attached hydrogen (secondary N) is 2. The van der Waals surface area contributed by atoms with Gasteiger partial charge in [0, 0.05) is 30.7 Å². The number of urea groups is 1. The lowest BCUT2D eigenvalue weighted by atomic mass is 9.98. The second-order valence-corrected chi connectivity index (χ2v) is 6.40. The van der Waals surface area contributed by atoms with E-state index in [9.17, 15) is 9.59 Å². The van der Waals surface area contributed by atoms with Crippen LogP contribution in [0.15, 0.2) is 18.2 Å². The van der Waals surface area contributed by atoms with Crippen LogP contribution < -0.4 is 10.6 Å². The highest BCUT2D eigenvalue weighted by molar-refractivity contribution is 5.89. The summed E-state index contributed by atoms with van der Waals surface area (Å²) in [5.74, 6) is 0.196. The summed E-state index contributed by atoms with van der Waals surface area (Å²) in [4.78, 5) is 25.8. The Hall–Kier alpha value is -2.04. The minimum absolute atomic E-state index is 0.0136. The number of carbonyl (C=O) groups excluding carboxylic acids is 2. The molecule has 0 bridgehead atoms. The number of hydrogen-bond donors (Lipinski definition) is 2. The highest BCUT2D eigenvalue weighted by atomic mass is 16.2. The maximum atomic E-state index is 12.1. The normalized spacial score (nSPS) is 14.0. The van der Waals surface area contributed by atoms with Gasteiger partial charge in [0.2, 0.25) is 5.91 Å². The predicted octanol–water partition coefficient (Wildman–Crippen LogP) is 2.76. The van der Waals surface area contributed by atoms with Crippen molar-refractivity contribution in [2.24, 2.45) is 5.92 Å². The van der Waals surface area contributed by atoms with Gasteiger partial charge in [-0.15, -0.1) is 0 Å². The van der Waals surface area contributed by atoms with Crippen LogP contribution in [0.4, 0.5) is 10.5 Å². The highest BCUT2D eigenvalue weighted by Crippen LogP contribution is 2.23. The summed E-state index contributed by atoms with van der Waals surface area (Å²) in [6.45, 7) is 9.07. The van der Waals surface area contributed by atoms with E-state index in [4.69, 9.17) is 0 Å². The smallest absolute Gasteiger partial charge is 0.319 e. The van der Waals surface area contributed by atoms with E-state index in [0.29, 0.717) is 6.54 Å². The molecule has 3 amide bonds. The summed E-state index contributed by atoms with van der Waals surface area (Å²) in [5.41, 5.74) is 3.13. The molecule has 0 aromatic heterocycles. The van der Waals surface area contributed by atoms with Gasteiger partial charge in [0.25, 0.3) is 0 Å². The molecule has 120 valence electrons. The van der Waals surface area contributed by atoms with Crippen molar-refractivity contribution < 1.29 is 9.59 Å². The van der Waals surface area contributed by atoms with Gasteiger partial charge < -0.3 is 15.5 Å². The molecule has 1 aliphatic heterocycles. The Kier molecular flexibility index (Phi) is 5.06. The SMILES string of the molecule is CC(C)NC(=O)Nc1ccc2c(c1)CN(C(=O)C(C)C)CC2. The molecule has 1 aromatic rings. The van der Waals surface area contributed by atoms with Crippen molar-refractivity contribution >= 4 is 17.6 Å². The standard InChI is InChI=1S/C17H25N3O2/c1-11(2)16(21)20-8-7-13-5-6-15(9-14(13)10-20)19-17(22)18-12(3)4/h5-6,9,11-12H,7-8,10H2,1-4H3,(H2,18,19,22). The average Bonchev–Trinajstić information content (AvgIpc) is 2.44. The lowest BCUT2D eigenvalue weighted by molar-refractivity contribution is -0.135. The van der Waals surface area contributed by atoms with Crippen LogP contribution in [0.5, 0.6) is 0 Å². The van der Waals surface area contributed by atoms with Crippen molar-refractivity contribution in [2.75, 3.05) is 11.9 Å². The fourth-order valence-corrected chi connectivity index (χ4v) is 2.62. The topological polar surface area (TPSA) is 61.4 Å². The highest BCUT2D eigenvalue weighted by Gasteiger charge is 2.22. The van der Waals surface area contributed by atoms with Crippen LogP contribution >= 0.6 is 0 Å². The van der Waals surface area contributed by atoms with Crippen LogP contribution in [0, 0.1) is 5.92 Å². The van der Waals surface area contributed by atoms with Crippen LogP contribution in [0.25, 0.3) is 0 Å². The first kappa shape index (κ1) is 16.3. The molecule has 1 heterocycles. The van der Waals surface area contributed by atoms with E-state index in [1.807, 2.05) is 50.8 Å². The van der Waals surface area contributed by atoms with Crippen molar-refractivity contribution in [3.8, 4) is 0 Å². The molecule has 0 saturated heterocycles. The number of hydrogen-bond acceptors (Lipinski definition) is 2. The van der Waals surface area contributed by atoms with Crippen LogP contribution in [-0.2, 0) is 17.8 Å². The second kappa shape index (κ2) is 6.81. The minimum Gasteiger partial charge on any atom is -0.338 e. The maximum Gasteiger partial charge on any atom is 0.319 e. The molecule has 0 aliphatic carbocycles. The average molecular weight is 303 g/mol. The lowest BCUT2D eigenvalue weighted by Crippen LogP contribution is -2.38. The van der Waals surface area contributed by atoms with Gasteiger partial charge in [-0.2, -0.15) is 0 Å². The Balaban J connectivity index is 2.09. The molecule has 5 nitrogen and oxygen atoms in total. The summed E-state index contributed by atoms with van der Waals surface area (Å²) in [5, 5.41) is 5.64. The van der Waals surface area contributed by atoms with Crippen LogP contribution in [0.1, 0.15) is 38.8 Å². The van der Waals surface area contributed by atoms with E-state index < -0.39 is 0 Å². The zero-order valence-corrected chi connectivity index (χ0v) is 13.8. The predicted molar refractivity (Wildman–Crippen MR) is 87.7 cm³/mol. The van der Waals surface area contributed by atoms with Gasteiger partial charge in [-0.05, 0) is 43.5 Å². The zero-order chi connectivity index (χ0) is 16.3. The Labute approximate surface area is 132 Å². The number of amides is 3. The van der Waals surface area contributed by atoms with Gasteiger partial charge in [0.1, 0.15) is 0 Å². The first-order chi connectivity index (χ1) is 10.4. The first-order valence-corrected chi connectivity index (χ1v) is 7.85. The minimum atomic E-state index is -0.208. The monoisotopic (exact) mass is 303 g/mol. The third-order valence-electron chi connectivity index (χ3n) is 3.70. The van der Waals surface area contributed by atoms with Crippen molar-refractivity contribution in [3.05, 3.63) is 29.3 Å². The number of benzene rings is 1. The van der Waals surface area contributed by atoms with Gasteiger partial charge in [-0.25, -0.2) is 4.79 Å². The molecule has 2 rings (SSSR count). The molecule has 5 heteroatoms. The van der Waals surface area contributed by atoms with Crippen molar-refractivity contribution in [1.82, 2.24) is 10.2 Å². The molecule has 0 atom stereocenters. The molecule has 0 fully saturated rings. The Morgan fingerprint density at radius 2 is 1.86 bits per heavy atom. The third-order valence-corrected chi connectivity index (χ3v) is 3.70. The van der Waals surface area contributed by atoms with Crippen molar-refractivity contribution in [2.45, 2.75) is 46.7 Å². The number of fused-ring (bicyclic) bond motifs is 1. The van der Waals surface area contributed by atoms with E-state index in [1.165, 1.54) is 5.56 Å². The summed E-state index contributed by atoms with van der Waals surface area (Å²) in [7, 11) is 0. The summed E-state index contributed by atoms with van der Waals surface area (Å²) in [6.07, 6.45) is 0.867. The van der Waals surface area contributed by atoms with Gasteiger partial charge in [-0.3, -0.25) is 4.79 Å². The van der Waals surface area contributed by atoms with Crippen LogP contribution in [0.3, 0.4) is 0 Å². The quantitative estimate of drug-likeness (QED) is 0.902. The summed E-state index contributed by atoms with van der Waals surface area (Å²) < 4.78 is 0. The third kappa shape index (κ3) is 4.00. The van der Waals surface area contributed by atoms with E-state index in [1.54, 1.807) is 0 Å². The molecule has 1 aliphatic rings. The van der Waals surface area contributed by atoms with E-state index >= 15 is 0 Å². The number of nitrogens with zero attached hydrogens (tertiary/aromatic N) is 1. The Morgan fingerprint density at radius 1 is 1.14 bits per heavy atom. The maximum absolute atomic E-state index is 12.1. The number of rotatable bonds is 3. The molecular formula is C17H25N3O2. The molecule has 0 saturated carbocycles. The van der Waals surface area contributed by atoms with Crippen LogP contribution in [-0.4, -0.2) is 29.4 Å². The Bertz CT molecular complexity index is 567. The van der Waals surface area contributed by atoms with E-state index in [2.05, 4.69) is 10.6 Å². The van der Waals surface area contributed by atoms with Gasteiger partial charge >= 0.3 is 6.03 Å². The van der Waals surface area contributed by atoms with E-state index in [0.717, 1.165) is 24.2 Å². The first-order valence-electron chi connectivity index (χ1n) is 7.85. The fourth-order valence-electron chi connectivity index (χ4n) is 2.62. The van der Waals surface area contributed by atoms with Gasteiger partial charge in [-0.1, -0.05) is 19.9 Å². The second-order valence-electron chi connectivity index (χ2n) is 6.40. The van der Waals surface area contributed by atoms with Gasteiger partial charge in [0.15, 0.2) is 0 Å². The number of carbonyl (C=O) groups is 2. The molecule has 22 heavy (non-hydrogen) atoms. The summed E-state index contributed by atoms with van der Waals surface area (Å²) in [6, 6.07) is 5.81.